The molecule has 15 heavy (non-hydrogen) atoms. The molecule has 0 aromatic carbocycles. The summed E-state index contributed by atoms with van der Waals surface area (Å²) in [6.45, 7) is 2.30. The number of rotatable bonds is 0. The highest BCUT2D eigenvalue weighted by atomic mass is 16.7. The van der Waals surface area contributed by atoms with E-state index in [9.17, 15) is 4.79 Å². The largest absolute Gasteiger partial charge is 0.348 e. The van der Waals surface area contributed by atoms with Crippen LogP contribution in [0.2, 0.25) is 0 Å². The van der Waals surface area contributed by atoms with Gasteiger partial charge in [0, 0.05) is 32.9 Å². The van der Waals surface area contributed by atoms with Crippen molar-refractivity contribution in [2.45, 2.75) is 25.0 Å². The summed E-state index contributed by atoms with van der Waals surface area (Å²) in [5.74, 6) is 0.991. The average Bonchev–Trinajstić information content (AvgIpc) is 2.75. The standard InChI is InChI=1S/C11H17NO3/c1-12-7-9-6-11(14-2-3-15-11)5-8(9)4-10(12)13/h8-9H,2-7H2,1H3/t8-,9-/m1/s1. The molecule has 1 aliphatic carbocycles. The van der Waals surface area contributed by atoms with Crippen LogP contribution in [-0.4, -0.2) is 43.4 Å². The molecule has 2 aliphatic heterocycles. The minimum absolute atomic E-state index is 0.270. The van der Waals surface area contributed by atoms with Gasteiger partial charge < -0.3 is 14.4 Å². The molecule has 3 aliphatic rings. The zero-order chi connectivity index (χ0) is 10.5. The van der Waals surface area contributed by atoms with Crippen molar-refractivity contribution in [3.05, 3.63) is 0 Å². The molecule has 0 aromatic rings. The maximum Gasteiger partial charge on any atom is 0.222 e. The summed E-state index contributed by atoms with van der Waals surface area (Å²) in [6, 6.07) is 0. The van der Waals surface area contributed by atoms with Gasteiger partial charge in [-0.25, -0.2) is 0 Å². The van der Waals surface area contributed by atoms with Crippen molar-refractivity contribution in [3.8, 4) is 0 Å². The van der Waals surface area contributed by atoms with Crippen LogP contribution >= 0.6 is 0 Å². The average molecular weight is 211 g/mol. The highest BCUT2D eigenvalue weighted by molar-refractivity contribution is 5.77. The molecular weight excluding hydrogens is 194 g/mol. The molecule has 1 amide bonds. The number of likely N-dealkylation sites (tertiary alicyclic amines) is 1. The first kappa shape index (κ1) is 9.60. The van der Waals surface area contributed by atoms with Gasteiger partial charge >= 0.3 is 0 Å². The van der Waals surface area contributed by atoms with E-state index in [1.54, 1.807) is 0 Å². The number of ether oxygens (including phenoxy) is 2. The molecule has 4 nitrogen and oxygen atoms in total. The minimum Gasteiger partial charge on any atom is -0.348 e. The second kappa shape index (κ2) is 3.19. The van der Waals surface area contributed by atoms with Gasteiger partial charge in [0.1, 0.15) is 0 Å². The van der Waals surface area contributed by atoms with Gasteiger partial charge in [0.15, 0.2) is 5.79 Å². The molecule has 0 radical (unpaired) electrons. The van der Waals surface area contributed by atoms with E-state index in [-0.39, 0.29) is 11.7 Å². The number of hydrogen-bond donors (Lipinski definition) is 0. The Hall–Kier alpha value is -0.610. The normalized spacial score (nSPS) is 38.7. The molecule has 84 valence electrons. The van der Waals surface area contributed by atoms with Crippen molar-refractivity contribution >= 4 is 5.91 Å². The van der Waals surface area contributed by atoms with Gasteiger partial charge in [-0.15, -0.1) is 0 Å². The lowest BCUT2D eigenvalue weighted by molar-refractivity contribution is -0.154. The van der Waals surface area contributed by atoms with E-state index in [4.69, 9.17) is 9.47 Å². The fourth-order valence-corrected chi connectivity index (χ4v) is 3.23. The molecule has 0 N–H and O–H groups in total. The van der Waals surface area contributed by atoms with Crippen LogP contribution in [0.3, 0.4) is 0 Å². The molecule has 2 atom stereocenters. The lowest BCUT2D eigenvalue weighted by atomic mass is 9.88. The first-order chi connectivity index (χ1) is 7.19. The first-order valence-corrected chi connectivity index (χ1v) is 5.70. The van der Waals surface area contributed by atoms with Crippen molar-refractivity contribution in [3.63, 3.8) is 0 Å². The van der Waals surface area contributed by atoms with Crippen LogP contribution < -0.4 is 0 Å². The Bertz CT molecular complexity index is 286. The Balaban J connectivity index is 1.76. The van der Waals surface area contributed by atoms with Crippen molar-refractivity contribution in [2.75, 3.05) is 26.8 Å². The monoisotopic (exact) mass is 211 g/mol. The van der Waals surface area contributed by atoms with E-state index in [1.807, 2.05) is 11.9 Å². The molecule has 3 rings (SSSR count). The quantitative estimate of drug-likeness (QED) is 0.589. The fraction of sp³-hybridized carbons (Fsp3) is 0.909. The van der Waals surface area contributed by atoms with E-state index in [0.717, 1.165) is 19.4 Å². The van der Waals surface area contributed by atoms with Crippen LogP contribution in [0.4, 0.5) is 0 Å². The van der Waals surface area contributed by atoms with E-state index in [2.05, 4.69) is 0 Å². The number of fused-ring (bicyclic) bond motifs is 1. The van der Waals surface area contributed by atoms with Crippen molar-refractivity contribution in [2.24, 2.45) is 11.8 Å². The maximum absolute atomic E-state index is 11.6. The Morgan fingerprint density at radius 1 is 1.27 bits per heavy atom. The topological polar surface area (TPSA) is 38.8 Å². The SMILES string of the molecule is CN1C[C@H]2CC3(C[C@H]2CC1=O)OCCO3. The molecule has 1 spiro atoms. The van der Waals surface area contributed by atoms with Gasteiger partial charge in [-0.1, -0.05) is 0 Å². The maximum atomic E-state index is 11.6. The molecule has 3 fully saturated rings. The van der Waals surface area contributed by atoms with Gasteiger partial charge in [-0.05, 0) is 11.8 Å². The van der Waals surface area contributed by atoms with Crippen LogP contribution in [0.25, 0.3) is 0 Å². The third-order valence-electron chi connectivity index (χ3n) is 4.00. The number of piperidine rings is 1. The molecule has 0 aromatic heterocycles. The van der Waals surface area contributed by atoms with Gasteiger partial charge in [0.05, 0.1) is 13.2 Å². The lowest BCUT2D eigenvalue weighted by Gasteiger charge is -2.31. The van der Waals surface area contributed by atoms with Crippen LogP contribution in [0, 0.1) is 11.8 Å². The zero-order valence-corrected chi connectivity index (χ0v) is 9.07. The summed E-state index contributed by atoms with van der Waals surface area (Å²) in [7, 11) is 1.89. The third-order valence-corrected chi connectivity index (χ3v) is 4.00. The summed E-state index contributed by atoms with van der Waals surface area (Å²) in [4.78, 5) is 13.4. The Labute approximate surface area is 89.5 Å². The summed E-state index contributed by atoms with van der Waals surface area (Å²) in [5.41, 5.74) is 0. The number of carbonyl (C=O) groups is 1. The highest BCUT2D eigenvalue weighted by Crippen LogP contribution is 2.47. The Kier molecular flexibility index (Phi) is 2.04. The smallest absolute Gasteiger partial charge is 0.222 e. The van der Waals surface area contributed by atoms with Gasteiger partial charge in [0.2, 0.25) is 5.91 Å². The van der Waals surface area contributed by atoms with E-state index < -0.39 is 0 Å². The molecule has 2 saturated heterocycles. The number of amides is 1. The van der Waals surface area contributed by atoms with Crippen molar-refractivity contribution in [1.82, 2.24) is 4.90 Å². The van der Waals surface area contributed by atoms with Gasteiger partial charge in [-0.2, -0.15) is 0 Å². The molecule has 2 heterocycles. The van der Waals surface area contributed by atoms with Crippen LogP contribution in [0.1, 0.15) is 19.3 Å². The summed E-state index contributed by atoms with van der Waals surface area (Å²) >= 11 is 0. The van der Waals surface area contributed by atoms with E-state index in [1.165, 1.54) is 0 Å². The predicted octanol–water partition coefficient (Wildman–Crippen LogP) is 0.618. The van der Waals surface area contributed by atoms with Crippen LogP contribution in [-0.2, 0) is 14.3 Å². The van der Waals surface area contributed by atoms with E-state index >= 15 is 0 Å². The second-order valence-corrected chi connectivity index (χ2v) is 5.01. The van der Waals surface area contributed by atoms with Gasteiger partial charge in [-0.3, -0.25) is 4.79 Å². The first-order valence-electron chi connectivity index (χ1n) is 5.70. The molecule has 0 bridgehead atoms. The third kappa shape index (κ3) is 1.47. The summed E-state index contributed by atoms with van der Waals surface area (Å²) < 4.78 is 11.4. The van der Waals surface area contributed by atoms with Crippen molar-refractivity contribution in [1.29, 1.82) is 0 Å². The molecule has 1 saturated carbocycles. The molecular formula is C11H17NO3. The number of nitrogens with zero attached hydrogens (tertiary/aromatic N) is 1. The Morgan fingerprint density at radius 3 is 2.67 bits per heavy atom. The second-order valence-electron chi connectivity index (χ2n) is 5.01. The van der Waals surface area contributed by atoms with Crippen LogP contribution in [0.5, 0.6) is 0 Å². The minimum atomic E-state index is -0.333. The van der Waals surface area contributed by atoms with Crippen molar-refractivity contribution < 1.29 is 14.3 Å². The van der Waals surface area contributed by atoms with E-state index in [0.29, 0.717) is 31.5 Å². The predicted molar refractivity (Wildman–Crippen MR) is 53.1 cm³/mol. The molecule has 0 unspecified atom stereocenters. The summed E-state index contributed by atoms with van der Waals surface area (Å²) in [6.07, 6.45) is 2.56. The summed E-state index contributed by atoms with van der Waals surface area (Å²) in [5, 5.41) is 0. The highest BCUT2D eigenvalue weighted by Gasteiger charge is 2.51. The Morgan fingerprint density at radius 2 is 1.93 bits per heavy atom. The molecule has 4 heteroatoms. The van der Waals surface area contributed by atoms with Gasteiger partial charge in [0.25, 0.3) is 0 Å². The number of hydrogen-bond acceptors (Lipinski definition) is 3. The fourth-order valence-electron chi connectivity index (χ4n) is 3.23. The zero-order valence-electron chi connectivity index (χ0n) is 9.07. The number of carbonyl (C=O) groups excluding carboxylic acids is 1. The lowest BCUT2D eigenvalue weighted by Crippen LogP contribution is -2.39. The van der Waals surface area contributed by atoms with Crippen LogP contribution in [0.15, 0.2) is 0 Å².